The molecule has 4 heteroatoms. The van der Waals surface area contributed by atoms with Crippen LogP contribution in [0.15, 0.2) is 17.3 Å². The van der Waals surface area contributed by atoms with Gasteiger partial charge in [0.1, 0.15) is 5.69 Å². The molecule has 0 atom stereocenters. The predicted molar refractivity (Wildman–Crippen MR) is 44.0 cm³/mol. The van der Waals surface area contributed by atoms with Gasteiger partial charge in [0.2, 0.25) is 0 Å². The van der Waals surface area contributed by atoms with E-state index in [9.17, 15) is 4.91 Å². The van der Waals surface area contributed by atoms with E-state index in [-0.39, 0.29) is 0 Å². The van der Waals surface area contributed by atoms with Gasteiger partial charge in [0.25, 0.3) is 0 Å². The van der Waals surface area contributed by atoms with Gasteiger partial charge in [0.15, 0.2) is 5.82 Å². The Morgan fingerprint density at radius 3 is 2.82 bits per heavy atom. The number of nitroso groups, excluding NO2 is 1. The van der Waals surface area contributed by atoms with Crippen LogP contribution in [-0.2, 0) is 0 Å². The van der Waals surface area contributed by atoms with E-state index >= 15 is 0 Å². The lowest BCUT2D eigenvalue weighted by molar-refractivity contribution is 1.18. The van der Waals surface area contributed by atoms with Crippen molar-refractivity contribution in [3.05, 3.63) is 22.7 Å². The zero-order valence-electron chi connectivity index (χ0n) is 6.46. The standard InChI is InChI=1S/C7H9N3O/c1-5-3-4-6(10-11)7(8-2)9-5/h3-4H,1-2H3,(H,8,9). The summed E-state index contributed by atoms with van der Waals surface area (Å²) in [5, 5.41) is 5.59. The van der Waals surface area contributed by atoms with Crippen molar-refractivity contribution >= 4 is 11.5 Å². The second-order valence-electron chi connectivity index (χ2n) is 2.16. The second-order valence-corrected chi connectivity index (χ2v) is 2.16. The molecule has 0 bridgehead atoms. The highest BCUT2D eigenvalue weighted by Gasteiger charge is 2.00. The number of hydrogen-bond donors (Lipinski definition) is 1. The number of nitrogens with one attached hydrogen (secondary N) is 1. The van der Waals surface area contributed by atoms with Gasteiger partial charge in [-0.15, -0.1) is 4.91 Å². The Hall–Kier alpha value is -1.45. The molecule has 58 valence electrons. The summed E-state index contributed by atoms with van der Waals surface area (Å²) in [7, 11) is 1.70. The van der Waals surface area contributed by atoms with Crippen LogP contribution in [0.2, 0.25) is 0 Å². The Labute approximate surface area is 64.6 Å². The van der Waals surface area contributed by atoms with E-state index in [1.165, 1.54) is 0 Å². The Morgan fingerprint density at radius 1 is 1.55 bits per heavy atom. The Balaban J connectivity index is 3.16. The summed E-state index contributed by atoms with van der Waals surface area (Å²) < 4.78 is 0. The highest BCUT2D eigenvalue weighted by atomic mass is 16.3. The molecule has 0 saturated heterocycles. The quantitative estimate of drug-likeness (QED) is 0.656. The number of anilines is 1. The molecule has 0 fully saturated rings. The van der Waals surface area contributed by atoms with Gasteiger partial charge < -0.3 is 5.32 Å². The molecular formula is C7H9N3O. The highest BCUT2D eigenvalue weighted by Crippen LogP contribution is 2.21. The molecule has 0 aliphatic rings. The van der Waals surface area contributed by atoms with E-state index in [1.807, 2.05) is 6.92 Å². The molecule has 0 unspecified atom stereocenters. The molecule has 1 heterocycles. The molecule has 0 aliphatic carbocycles. The van der Waals surface area contributed by atoms with Gasteiger partial charge in [0, 0.05) is 12.7 Å². The van der Waals surface area contributed by atoms with Crippen LogP contribution in [0.5, 0.6) is 0 Å². The average Bonchev–Trinajstić information content (AvgIpc) is 2.04. The van der Waals surface area contributed by atoms with Crippen molar-refractivity contribution in [3.8, 4) is 0 Å². The van der Waals surface area contributed by atoms with Gasteiger partial charge in [-0.1, -0.05) is 0 Å². The van der Waals surface area contributed by atoms with Crippen molar-refractivity contribution < 1.29 is 0 Å². The van der Waals surface area contributed by atoms with E-state index in [4.69, 9.17) is 0 Å². The van der Waals surface area contributed by atoms with E-state index in [0.717, 1.165) is 5.69 Å². The first-order valence-corrected chi connectivity index (χ1v) is 3.26. The summed E-state index contributed by atoms with van der Waals surface area (Å²) in [6, 6.07) is 3.39. The fourth-order valence-corrected chi connectivity index (χ4v) is 0.807. The number of hydrogen-bond acceptors (Lipinski definition) is 4. The van der Waals surface area contributed by atoms with Crippen molar-refractivity contribution in [3.63, 3.8) is 0 Å². The third kappa shape index (κ3) is 1.52. The summed E-state index contributed by atoms with van der Waals surface area (Å²) in [5.74, 6) is 0.528. The fourth-order valence-electron chi connectivity index (χ4n) is 0.807. The van der Waals surface area contributed by atoms with Crippen molar-refractivity contribution in [1.82, 2.24) is 4.98 Å². The Kier molecular flexibility index (Phi) is 2.15. The van der Waals surface area contributed by atoms with Crippen LogP contribution in [0.4, 0.5) is 11.5 Å². The van der Waals surface area contributed by atoms with Crippen LogP contribution in [-0.4, -0.2) is 12.0 Å². The molecule has 0 aromatic carbocycles. The minimum atomic E-state index is 0.345. The summed E-state index contributed by atoms with van der Waals surface area (Å²) in [6.07, 6.45) is 0. The lowest BCUT2D eigenvalue weighted by Gasteiger charge is -2.00. The maximum atomic E-state index is 10.2. The Morgan fingerprint density at radius 2 is 2.27 bits per heavy atom. The molecule has 0 radical (unpaired) electrons. The number of pyridine rings is 1. The molecule has 4 nitrogen and oxygen atoms in total. The van der Waals surface area contributed by atoms with Crippen LogP contribution in [0.3, 0.4) is 0 Å². The summed E-state index contributed by atoms with van der Waals surface area (Å²) in [4.78, 5) is 14.2. The van der Waals surface area contributed by atoms with Crippen molar-refractivity contribution in [2.75, 3.05) is 12.4 Å². The van der Waals surface area contributed by atoms with Gasteiger partial charge >= 0.3 is 0 Å². The molecule has 11 heavy (non-hydrogen) atoms. The summed E-state index contributed by atoms with van der Waals surface area (Å²) >= 11 is 0. The SMILES string of the molecule is CNc1nc(C)ccc1N=O. The lowest BCUT2D eigenvalue weighted by atomic mass is 10.3. The third-order valence-corrected chi connectivity index (χ3v) is 1.35. The molecule has 1 rings (SSSR count). The van der Waals surface area contributed by atoms with E-state index in [0.29, 0.717) is 11.5 Å². The summed E-state index contributed by atoms with van der Waals surface area (Å²) in [6.45, 7) is 1.86. The van der Waals surface area contributed by atoms with Crippen LogP contribution in [0.25, 0.3) is 0 Å². The molecule has 0 aliphatic heterocycles. The first kappa shape index (κ1) is 7.65. The second kappa shape index (κ2) is 3.09. The molecule has 1 N–H and O–H groups in total. The monoisotopic (exact) mass is 151 g/mol. The normalized spacial score (nSPS) is 9.27. The summed E-state index contributed by atoms with van der Waals surface area (Å²) in [5.41, 5.74) is 1.21. The molecule has 0 saturated carbocycles. The largest absolute Gasteiger partial charge is 0.371 e. The van der Waals surface area contributed by atoms with Gasteiger partial charge in [0.05, 0.1) is 0 Å². The van der Waals surface area contributed by atoms with Gasteiger partial charge in [-0.05, 0) is 24.2 Å². The van der Waals surface area contributed by atoms with Gasteiger partial charge in [-0.2, -0.15) is 0 Å². The number of aromatic nitrogens is 1. The van der Waals surface area contributed by atoms with Crippen molar-refractivity contribution in [1.29, 1.82) is 0 Å². The van der Waals surface area contributed by atoms with Crippen molar-refractivity contribution in [2.24, 2.45) is 5.18 Å². The Bertz CT molecular complexity index is 272. The maximum absolute atomic E-state index is 10.2. The minimum Gasteiger partial charge on any atom is -0.371 e. The van der Waals surface area contributed by atoms with E-state index in [1.54, 1.807) is 19.2 Å². The van der Waals surface area contributed by atoms with Crippen LogP contribution in [0, 0.1) is 11.8 Å². The maximum Gasteiger partial charge on any atom is 0.155 e. The van der Waals surface area contributed by atoms with Crippen LogP contribution >= 0.6 is 0 Å². The molecule has 0 spiro atoms. The number of rotatable bonds is 2. The molecule has 1 aromatic rings. The van der Waals surface area contributed by atoms with E-state index in [2.05, 4.69) is 15.5 Å². The first-order valence-electron chi connectivity index (χ1n) is 3.26. The molecular weight excluding hydrogens is 142 g/mol. The van der Waals surface area contributed by atoms with Crippen molar-refractivity contribution in [2.45, 2.75) is 6.92 Å². The smallest absolute Gasteiger partial charge is 0.155 e. The zero-order chi connectivity index (χ0) is 8.27. The predicted octanol–water partition coefficient (Wildman–Crippen LogP) is 1.83. The first-order chi connectivity index (χ1) is 5.27. The zero-order valence-corrected chi connectivity index (χ0v) is 6.46. The highest BCUT2D eigenvalue weighted by molar-refractivity contribution is 5.59. The van der Waals surface area contributed by atoms with Crippen LogP contribution in [0.1, 0.15) is 5.69 Å². The van der Waals surface area contributed by atoms with Crippen LogP contribution < -0.4 is 5.32 Å². The topological polar surface area (TPSA) is 54.4 Å². The van der Waals surface area contributed by atoms with Gasteiger partial charge in [-0.3, -0.25) is 0 Å². The molecule has 1 aromatic heterocycles. The van der Waals surface area contributed by atoms with Gasteiger partial charge in [-0.25, -0.2) is 4.98 Å². The third-order valence-electron chi connectivity index (χ3n) is 1.35. The molecule has 0 amide bonds. The average molecular weight is 151 g/mol. The lowest BCUT2D eigenvalue weighted by Crippen LogP contribution is -1.93. The fraction of sp³-hybridized carbons (Fsp3) is 0.286. The number of nitrogens with zero attached hydrogens (tertiary/aromatic N) is 2. The van der Waals surface area contributed by atoms with E-state index < -0.39 is 0 Å². The number of aryl methyl sites for hydroxylation is 1. The minimum absolute atomic E-state index is 0.345.